The van der Waals surface area contributed by atoms with Crippen molar-refractivity contribution in [1.29, 1.82) is 0 Å². The Bertz CT molecular complexity index is 562. The Morgan fingerprint density at radius 2 is 2.27 bits per heavy atom. The van der Waals surface area contributed by atoms with Crippen LogP contribution in [0.2, 0.25) is 0 Å². The first-order valence-corrected chi connectivity index (χ1v) is 8.55. The number of carbonyl (C=O) groups is 2. The first-order valence-electron chi connectivity index (χ1n) is 7.67. The quantitative estimate of drug-likeness (QED) is 0.751. The van der Waals surface area contributed by atoms with Crippen molar-refractivity contribution in [2.75, 3.05) is 11.9 Å². The van der Waals surface area contributed by atoms with Gasteiger partial charge in [0.2, 0.25) is 5.91 Å². The van der Waals surface area contributed by atoms with Gasteiger partial charge >= 0.3 is 0 Å². The average Bonchev–Trinajstić information content (AvgIpc) is 2.51. The van der Waals surface area contributed by atoms with Gasteiger partial charge in [-0.15, -0.1) is 11.8 Å². The lowest BCUT2D eigenvalue weighted by molar-refractivity contribution is -0.115. The highest BCUT2D eigenvalue weighted by Gasteiger charge is 2.24. The second kappa shape index (κ2) is 7.65. The highest BCUT2D eigenvalue weighted by molar-refractivity contribution is 8.00. The van der Waals surface area contributed by atoms with E-state index in [0.29, 0.717) is 17.8 Å². The predicted molar refractivity (Wildman–Crippen MR) is 90.2 cm³/mol. The zero-order valence-electron chi connectivity index (χ0n) is 13.0. The fourth-order valence-corrected chi connectivity index (χ4v) is 3.25. The van der Waals surface area contributed by atoms with Crippen molar-refractivity contribution in [1.82, 2.24) is 5.32 Å². The maximum atomic E-state index is 12.3. The van der Waals surface area contributed by atoms with Gasteiger partial charge in [-0.25, -0.2) is 0 Å². The molecule has 0 bridgehead atoms. The van der Waals surface area contributed by atoms with Gasteiger partial charge in [0.1, 0.15) is 0 Å². The molecule has 1 aromatic rings. The zero-order valence-corrected chi connectivity index (χ0v) is 13.8. The molecule has 2 amide bonds. The molecule has 0 radical (unpaired) electrons. The van der Waals surface area contributed by atoms with Crippen LogP contribution in [0.5, 0.6) is 0 Å². The van der Waals surface area contributed by atoms with Crippen LogP contribution >= 0.6 is 11.8 Å². The maximum Gasteiger partial charge on any atom is 0.251 e. The van der Waals surface area contributed by atoms with Gasteiger partial charge in [0.05, 0.1) is 10.9 Å². The van der Waals surface area contributed by atoms with E-state index in [9.17, 15) is 9.59 Å². The third-order valence-corrected chi connectivity index (χ3v) is 4.88. The zero-order chi connectivity index (χ0) is 16.1. The van der Waals surface area contributed by atoms with Crippen LogP contribution in [0.25, 0.3) is 0 Å². The first kappa shape index (κ1) is 16.8. The van der Waals surface area contributed by atoms with Crippen molar-refractivity contribution < 1.29 is 9.59 Å². The molecule has 0 saturated carbocycles. The second-order valence-electron chi connectivity index (χ2n) is 5.51. The second-order valence-corrected chi connectivity index (χ2v) is 6.89. The van der Waals surface area contributed by atoms with Gasteiger partial charge in [-0.05, 0) is 31.5 Å². The smallest absolute Gasteiger partial charge is 0.251 e. The molecule has 0 fully saturated rings. The number of anilines is 1. The van der Waals surface area contributed by atoms with E-state index in [1.165, 1.54) is 11.8 Å². The normalized spacial score (nSPS) is 18.3. The minimum absolute atomic E-state index is 0.00697. The van der Waals surface area contributed by atoms with Gasteiger partial charge in [0.15, 0.2) is 0 Å². The molecule has 1 heterocycles. The van der Waals surface area contributed by atoms with Gasteiger partial charge < -0.3 is 16.4 Å². The molecule has 1 aliphatic rings. The molecule has 22 heavy (non-hydrogen) atoms. The number of hydrogen-bond donors (Lipinski definition) is 3. The highest BCUT2D eigenvalue weighted by Crippen LogP contribution is 2.35. The summed E-state index contributed by atoms with van der Waals surface area (Å²) < 4.78 is 0. The van der Waals surface area contributed by atoms with E-state index in [0.717, 1.165) is 24.2 Å². The molecule has 1 aromatic carbocycles. The molecule has 0 aromatic heterocycles. The van der Waals surface area contributed by atoms with E-state index in [-0.39, 0.29) is 23.1 Å². The molecule has 4 N–H and O–H groups in total. The number of thioether (sulfide) groups is 1. The van der Waals surface area contributed by atoms with Crippen molar-refractivity contribution in [3.63, 3.8) is 0 Å². The Morgan fingerprint density at radius 3 is 2.95 bits per heavy atom. The molecule has 1 aliphatic heterocycles. The predicted octanol–water partition coefficient (Wildman–Crippen LogP) is 2.37. The average molecular weight is 321 g/mol. The lowest BCUT2D eigenvalue weighted by Gasteiger charge is -2.22. The molecule has 5 nitrogen and oxygen atoms in total. The van der Waals surface area contributed by atoms with Crippen LogP contribution in [-0.4, -0.2) is 29.7 Å². The molecule has 2 unspecified atom stereocenters. The molecular formula is C16H23N3O2S. The number of carbonyl (C=O) groups excluding carboxylic acids is 2. The Labute approximate surface area is 135 Å². The van der Waals surface area contributed by atoms with E-state index in [1.54, 1.807) is 12.1 Å². The van der Waals surface area contributed by atoms with Crippen molar-refractivity contribution in [2.45, 2.75) is 49.3 Å². The lowest BCUT2D eigenvalue weighted by Crippen LogP contribution is -2.40. The Hall–Kier alpha value is -1.53. The molecule has 0 spiro atoms. The van der Waals surface area contributed by atoms with Crippen molar-refractivity contribution >= 4 is 29.3 Å². The minimum atomic E-state index is -0.146. The van der Waals surface area contributed by atoms with Gasteiger partial charge in [-0.1, -0.05) is 19.8 Å². The van der Waals surface area contributed by atoms with E-state index in [1.807, 2.05) is 13.0 Å². The number of fused-ring (bicyclic) bond motifs is 1. The summed E-state index contributed by atoms with van der Waals surface area (Å²) >= 11 is 1.51. The Morgan fingerprint density at radius 1 is 1.50 bits per heavy atom. The topological polar surface area (TPSA) is 84.2 Å². The summed E-state index contributed by atoms with van der Waals surface area (Å²) in [5.41, 5.74) is 6.96. The first-order chi connectivity index (χ1) is 10.5. The van der Waals surface area contributed by atoms with Gasteiger partial charge in [-0.3, -0.25) is 9.59 Å². The van der Waals surface area contributed by atoms with Gasteiger partial charge in [0.25, 0.3) is 5.91 Å². The number of nitrogens with two attached hydrogens (primary N) is 1. The van der Waals surface area contributed by atoms with Crippen molar-refractivity contribution in [3.05, 3.63) is 23.8 Å². The Kier molecular flexibility index (Phi) is 5.85. The molecule has 120 valence electrons. The standard InChI is InChI=1S/C16H23N3O2S/c1-3-4-5-12(9-17)18-16(21)11-6-7-14-13(8-11)19-15(20)10(2)22-14/h6-8,10,12H,3-5,9,17H2,1-2H3,(H,18,21)(H,19,20). The summed E-state index contributed by atoms with van der Waals surface area (Å²) in [6.45, 7) is 4.41. The molecule has 0 aliphatic carbocycles. The molecule has 6 heteroatoms. The fraction of sp³-hybridized carbons (Fsp3) is 0.500. The monoisotopic (exact) mass is 321 g/mol. The highest BCUT2D eigenvalue weighted by atomic mass is 32.2. The summed E-state index contributed by atoms with van der Waals surface area (Å²) in [7, 11) is 0. The van der Waals surface area contributed by atoms with Gasteiger partial charge in [-0.2, -0.15) is 0 Å². The van der Waals surface area contributed by atoms with Crippen LogP contribution in [0.1, 0.15) is 43.5 Å². The number of nitrogens with one attached hydrogen (secondary N) is 2. The van der Waals surface area contributed by atoms with Gasteiger partial charge in [0, 0.05) is 23.0 Å². The number of benzene rings is 1. The largest absolute Gasteiger partial charge is 0.348 e. The summed E-state index contributed by atoms with van der Waals surface area (Å²) in [4.78, 5) is 25.0. The molecular weight excluding hydrogens is 298 g/mol. The SMILES string of the molecule is CCCCC(CN)NC(=O)c1ccc2c(c1)NC(=O)C(C)S2. The summed E-state index contributed by atoms with van der Waals surface area (Å²) in [5, 5.41) is 5.69. The van der Waals surface area contributed by atoms with Crippen LogP contribution in [0.3, 0.4) is 0 Å². The summed E-state index contributed by atoms with van der Waals surface area (Å²) in [5.74, 6) is -0.176. The van der Waals surface area contributed by atoms with E-state index >= 15 is 0 Å². The number of rotatable bonds is 6. The lowest BCUT2D eigenvalue weighted by atomic mass is 10.1. The molecule has 0 saturated heterocycles. The van der Waals surface area contributed by atoms with Crippen LogP contribution in [0.15, 0.2) is 23.1 Å². The summed E-state index contributed by atoms with van der Waals surface area (Å²) in [6.07, 6.45) is 3.00. The minimum Gasteiger partial charge on any atom is -0.348 e. The van der Waals surface area contributed by atoms with E-state index in [2.05, 4.69) is 17.6 Å². The molecule has 2 rings (SSSR count). The van der Waals surface area contributed by atoms with E-state index in [4.69, 9.17) is 5.73 Å². The van der Waals surface area contributed by atoms with Crippen LogP contribution in [0, 0.1) is 0 Å². The van der Waals surface area contributed by atoms with Crippen LogP contribution in [-0.2, 0) is 4.79 Å². The van der Waals surface area contributed by atoms with Crippen molar-refractivity contribution in [3.8, 4) is 0 Å². The Balaban J connectivity index is 2.08. The summed E-state index contributed by atoms with van der Waals surface area (Å²) in [6, 6.07) is 5.40. The number of amides is 2. The van der Waals surface area contributed by atoms with Crippen molar-refractivity contribution in [2.24, 2.45) is 5.73 Å². The maximum absolute atomic E-state index is 12.3. The van der Waals surface area contributed by atoms with Crippen LogP contribution < -0.4 is 16.4 Å². The third-order valence-electron chi connectivity index (χ3n) is 3.70. The molecule has 2 atom stereocenters. The fourth-order valence-electron chi connectivity index (χ4n) is 2.32. The van der Waals surface area contributed by atoms with Crippen LogP contribution in [0.4, 0.5) is 5.69 Å². The number of hydrogen-bond acceptors (Lipinski definition) is 4. The van der Waals surface area contributed by atoms with E-state index < -0.39 is 0 Å². The third kappa shape index (κ3) is 4.01. The number of unbranched alkanes of at least 4 members (excludes halogenated alkanes) is 1.